The number of sulfonamides is 1. The molecule has 3 aromatic rings. The normalized spacial score (nSPS) is 11.2. The van der Waals surface area contributed by atoms with Crippen LogP contribution in [0.2, 0.25) is 0 Å². The quantitative estimate of drug-likeness (QED) is 0.285. The van der Waals surface area contributed by atoms with Crippen molar-refractivity contribution in [3.05, 3.63) is 83.4 Å². The summed E-state index contributed by atoms with van der Waals surface area (Å²) < 4.78 is 36.3. The first-order valence-corrected chi connectivity index (χ1v) is 13.4. The van der Waals surface area contributed by atoms with Crippen molar-refractivity contribution in [2.45, 2.75) is 13.8 Å². The van der Waals surface area contributed by atoms with Gasteiger partial charge in [0.05, 0.1) is 25.3 Å². The van der Waals surface area contributed by atoms with Gasteiger partial charge < -0.3 is 14.8 Å². The van der Waals surface area contributed by atoms with E-state index in [2.05, 4.69) is 15.8 Å². The molecule has 0 aliphatic rings. The summed E-state index contributed by atoms with van der Waals surface area (Å²) in [5.74, 6) is 0.270. The van der Waals surface area contributed by atoms with Crippen LogP contribution >= 0.6 is 0 Å². The third kappa shape index (κ3) is 8.07. The Bertz CT molecular complexity index is 1400. The van der Waals surface area contributed by atoms with Gasteiger partial charge in [-0.2, -0.15) is 5.10 Å². The molecule has 0 heterocycles. The number of aryl methyl sites for hydroxylation is 1. The molecule has 0 aliphatic heterocycles. The van der Waals surface area contributed by atoms with Gasteiger partial charge in [-0.3, -0.25) is 13.9 Å². The molecule has 200 valence electrons. The fourth-order valence-corrected chi connectivity index (χ4v) is 4.31. The molecular weight excluding hydrogens is 508 g/mol. The molecule has 0 aromatic heterocycles. The van der Waals surface area contributed by atoms with E-state index in [4.69, 9.17) is 9.47 Å². The zero-order chi connectivity index (χ0) is 27.7. The minimum absolute atomic E-state index is 0.174. The molecule has 0 bridgehead atoms. The second-order valence-corrected chi connectivity index (χ2v) is 10.3. The summed E-state index contributed by atoms with van der Waals surface area (Å²) in [4.78, 5) is 24.5. The molecular formula is C27H30N4O6S. The van der Waals surface area contributed by atoms with Crippen molar-refractivity contribution in [3.8, 4) is 11.5 Å². The largest absolute Gasteiger partial charge is 0.497 e. The number of nitrogens with zero attached hydrogens (tertiary/aromatic N) is 2. The summed E-state index contributed by atoms with van der Waals surface area (Å²) >= 11 is 0. The SMILES string of the molecule is COc1ccc(NC(=O)COc2ccc(/C=N/NC(=O)CN(c3cccc(C)c3C)S(C)(=O)=O)cc2)cc1. The lowest BCUT2D eigenvalue weighted by Crippen LogP contribution is -2.39. The second-order valence-electron chi connectivity index (χ2n) is 8.42. The molecule has 0 saturated heterocycles. The number of anilines is 2. The van der Waals surface area contributed by atoms with Crippen molar-refractivity contribution in [2.75, 3.05) is 36.1 Å². The van der Waals surface area contributed by atoms with Crippen LogP contribution in [0.3, 0.4) is 0 Å². The van der Waals surface area contributed by atoms with Crippen LogP contribution in [0.15, 0.2) is 71.8 Å². The van der Waals surface area contributed by atoms with Gasteiger partial charge in [0.1, 0.15) is 18.0 Å². The molecule has 0 radical (unpaired) electrons. The smallest absolute Gasteiger partial charge is 0.262 e. The van der Waals surface area contributed by atoms with E-state index in [1.54, 1.807) is 74.7 Å². The number of hydrogen-bond acceptors (Lipinski definition) is 7. The maximum Gasteiger partial charge on any atom is 0.262 e. The molecule has 0 atom stereocenters. The molecule has 0 saturated carbocycles. The topological polar surface area (TPSA) is 126 Å². The van der Waals surface area contributed by atoms with Gasteiger partial charge >= 0.3 is 0 Å². The Morgan fingerprint density at radius 1 is 0.947 bits per heavy atom. The number of hydrazone groups is 1. The van der Waals surface area contributed by atoms with Crippen LogP contribution in [0.5, 0.6) is 11.5 Å². The van der Waals surface area contributed by atoms with Gasteiger partial charge in [0.2, 0.25) is 10.0 Å². The zero-order valence-electron chi connectivity index (χ0n) is 21.6. The van der Waals surface area contributed by atoms with Crippen molar-refractivity contribution < 1.29 is 27.5 Å². The number of methoxy groups -OCH3 is 1. The summed E-state index contributed by atoms with van der Waals surface area (Å²) in [5, 5.41) is 6.64. The Balaban J connectivity index is 1.50. The number of nitrogens with one attached hydrogen (secondary N) is 2. The van der Waals surface area contributed by atoms with Crippen LogP contribution in [0.4, 0.5) is 11.4 Å². The van der Waals surface area contributed by atoms with Gasteiger partial charge in [0.15, 0.2) is 6.61 Å². The number of benzene rings is 3. The van der Waals surface area contributed by atoms with Gasteiger partial charge in [0.25, 0.3) is 11.8 Å². The number of hydrogen-bond donors (Lipinski definition) is 2. The van der Waals surface area contributed by atoms with E-state index in [1.807, 2.05) is 13.0 Å². The van der Waals surface area contributed by atoms with Gasteiger partial charge in [0, 0.05) is 5.69 Å². The summed E-state index contributed by atoms with van der Waals surface area (Å²) in [6, 6.07) is 18.9. The first kappa shape index (κ1) is 28.2. The van der Waals surface area contributed by atoms with Gasteiger partial charge in [-0.1, -0.05) is 12.1 Å². The van der Waals surface area contributed by atoms with E-state index in [-0.39, 0.29) is 12.5 Å². The average molecular weight is 539 g/mol. The number of ether oxygens (including phenoxy) is 2. The van der Waals surface area contributed by atoms with Gasteiger partial charge in [-0.15, -0.1) is 0 Å². The maximum absolute atomic E-state index is 12.4. The van der Waals surface area contributed by atoms with Crippen molar-refractivity contribution in [3.63, 3.8) is 0 Å². The molecule has 3 aromatic carbocycles. The predicted octanol–water partition coefficient (Wildman–Crippen LogP) is 3.25. The first-order chi connectivity index (χ1) is 18.1. The molecule has 38 heavy (non-hydrogen) atoms. The Hall–Kier alpha value is -4.38. The second kappa shape index (κ2) is 12.7. The Morgan fingerprint density at radius 2 is 1.61 bits per heavy atom. The first-order valence-electron chi connectivity index (χ1n) is 11.6. The van der Waals surface area contributed by atoms with Crippen molar-refractivity contribution >= 4 is 39.4 Å². The lowest BCUT2D eigenvalue weighted by atomic mass is 10.1. The van der Waals surface area contributed by atoms with Gasteiger partial charge in [-0.25, -0.2) is 13.8 Å². The number of amides is 2. The summed E-state index contributed by atoms with van der Waals surface area (Å²) in [5.41, 5.74) is 5.78. The molecule has 0 aliphatic carbocycles. The van der Waals surface area contributed by atoms with E-state index in [9.17, 15) is 18.0 Å². The van der Waals surface area contributed by atoms with Crippen LogP contribution in [0, 0.1) is 13.8 Å². The summed E-state index contributed by atoms with van der Waals surface area (Å²) in [7, 11) is -2.13. The summed E-state index contributed by atoms with van der Waals surface area (Å²) in [6.07, 6.45) is 2.47. The fourth-order valence-electron chi connectivity index (χ4n) is 3.40. The number of carbonyl (C=O) groups excluding carboxylic acids is 2. The molecule has 2 N–H and O–H groups in total. The molecule has 0 fully saturated rings. The zero-order valence-corrected chi connectivity index (χ0v) is 22.4. The van der Waals surface area contributed by atoms with Crippen LogP contribution in [-0.4, -0.2) is 53.0 Å². The van der Waals surface area contributed by atoms with Crippen LogP contribution in [0.25, 0.3) is 0 Å². The van der Waals surface area contributed by atoms with Crippen molar-refractivity contribution in [2.24, 2.45) is 5.10 Å². The van der Waals surface area contributed by atoms with E-state index in [0.717, 1.165) is 21.7 Å². The highest BCUT2D eigenvalue weighted by atomic mass is 32.2. The maximum atomic E-state index is 12.4. The molecule has 3 rings (SSSR count). The summed E-state index contributed by atoms with van der Waals surface area (Å²) in [6.45, 7) is 3.09. The van der Waals surface area contributed by atoms with Crippen LogP contribution in [-0.2, 0) is 19.6 Å². The Kier molecular flexibility index (Phi) is 9.44. The molecule has 10 nitrogen and oxygen atoms in total. The third-order valence-electron chi connectivity index (χ3n) is 5.56. The van der Waals surface area contributed by atoms with E-state index >= 15 is 0 Å². The average Bonchev–Trinajstić information content (AvgIpc) is 2.88. The van der Waals surface area contributed by atoms with E-state index < -0.39 is 22.5 Å². The number of carbonyl (C=O) groups is 2. The fraction of sp³-hybridized carbons (Fsp3) is 0.222. The van der Waals surface area contributed by atoms with E-state index in [1.165, 1.54) is 6.21 Å². The molecule has 2 amide bonds. The standard InChI is InChI=1S/C27H30N4O6S/c1-19-6-5-7-25(20(19)2)31(38(4,34)35)17-26(32)30-28-16-21-8-12-24(13-9-21)37-18-27(33)29-22-10-14-23(36-3)15-11-22/h5-16H,17-18H2,1-4H3,(H,29,33)(H,30,32)/b28-16+. The van der Waals surface area contributed by atoms with Crippen LogP contribution in [0.1, 0.15) is 16.7 Å². The third-order valence-corrected chi connectivity index (χ3v) is 6.69. The lowest BCUT2D eigenvalue weighted by molar-refractivity contribution is -0.119. The Labute approximate surface area is 222 Å². The molecule has 0 unspecified atom stereocenters. The highest BCUT2D eigenvalue weighted by Gasteiger charge is 2.22. The highest BCUT2D eigenvalue weighted by Crippen LogP contribution is 2.24. The Morgan fingerprint density at radius 3 is 2.24 bits per heavy atom. The van der Waals surface area contributed by atoms with Gasteiger partial charge in [-0.05, 0) is 85.1 Å². The number of rotatable bonds is 11. The van der Waals surface area contributed by atoms with Crippen LogP contribution < -0.4 is 24.5 Å². The van der Waals surface area contributed by atoms with E-state index in [0.29, 0.717) is 28.4 Å². The minimum Gasteiger partial charge on any atom is -0.497 e. The molecule has 11 heteroatoms. The predicted molar refractivity (Wildman–Crippen MR) is 147 cm³/mol. The monoisotopic (exact) mass is 538 g/mol. The van der Waals surface area contributed by atoms with Crippen molar-refractivity contribution in [1.82, 2.24) is 5.43 Å². The van der Waals surface area contributed by atoms with Crippen molar-refractivity contribution in [1.29, 1.82) is 0 Å². The minimum atomic E-state index is -3.69. The lowest BCUT2D eigenvalue weighted by Gasteiger charge is -2.23. The molecule has 0 spiro atoms. The highest BCUT2D eigenvalue weighted by molar-refractivity contribution is 7.92.